The Morgan fingerprint density at radius 1 is 1.26 bits per heavy atom. The summed E-state index contributed by atoms with van der Waals surface area (Å²) in [6.45, 7) is 8.04. The Kier molecular flexibility index (Phi) is 7.19. The van der Waals surface area contributed by atoms with Crippen LogP contribution in [0.5, 0.6) is 5.88 Å². The topological polar surface area (TPSA) is 111 Å². The molecule has 8 heteroatoms. The Balaban J connectivity index is 1.42. The standard InChI is InChI=1S/C26H34N4O4/c1-17-4-5-22(14-28-17)26(3,27)23(18(2)31)16-34-24-12-20-6-9-30(15-21(20)13-29-24)25(32)19-7-10-33-11-8-19/h4-5,12-14,19,31H,6-11,15-16,27H2,1-3H3/b23-18-. The van der Waals surface area contributed by atoms with E-state index in [2.05, 4.69) is 9.97 Å². The molecule has 2 aliphatic heterocycles. The molecule has 4 heterocycles. The van der Waals surface area contributed by atoms with Gasteiger partial charge in [0.25, 0.3) is 0 Å². The zero-order valence-electron chi connectivity index (χ0n) is 20.2. The van der Waals surface area contributed by atoms with Crippen molar-refractivity contribution in [2.45, 2.75) is 52.1 Å². The maximum absolute atomic E-state index is 12.9. The molecule has 1 unspecified atom stereocenters. The molecule has 0 aliphatic carbocycles. The van der Waals surface area contributed by atoms with Crippen molar-refractivity contribution in [2.75, 3.05) is 26.4 Å². The minimum Gasteiger partial charge on any atom is -0.512 e. The SMILES string of the molecule is C/C(O)=C(\COc1cc2c(cn1)CN(C(=O)C1CCOCC1)CC2)C(C)(N)c1ccc(C)nc1. The largest absolute Gasteiger partial charge is 0.512 e. The smallest absolute Gasteiger partial charge is 0.226 e. The number of carbonyl (C=O) groups is 1. The van der Waals surface area contributed by atoms with Gasteiger partial charge < -0.3 is 25.2 Å². The molecule has 0 spiro atoms. The van der Waals surface area contributed by atoms with Crippen molar-refractivity contribution in [1.82, 2.24) is 14.9 Å². The number of nitrogens with zero attached hydrogens (tertiary/aromatic N) is 3. The number of aromatic nitrogens is 2. The number of ether oxygens (including phenoxy) is 2. The highest BCUT2D eigenvalue weighted by molar-refractivity contribution is 5.79. The quantitative estimate of drug-likeness (QED) is 0.629. The molecule has 1 atom stereocenters. The van der Waals surface area contributed by atoms with Crippen molar-refractivity contribution in [2.24, 2.45) is 11.7 Å². The van der Waals surface area contributed by atoms with Crippen LogP contribution in [0.4, 0.5) is 0 Å². The van der Waals surface area contributed by atoms with E-state index in [-0.39, 0.29) is 24.2 Å². The second-order valence-electron chi connectivity index (χ2n) is 9.43. The lowest BCUT2D eigenvalue weighted by Crippen LogP contribution is -2.41. The van der Waals surface area contributed by atoms with E-state index in [1.807, 2.05) is 36.9 Å². The van der Waals surface area contributed by atoms with Crippen LogP contribution in [0.25, 0.3) is 0 Å². The minimum atomic E-state index is -0.946. The maximum atomic E-state index is 12.9. The molecule has 0 saturated carbocycles. The van der Waals surface area contributed by atoms with Gasteiger partial charge in [-0.05, 0) is 62.8 Å². The van der Waals surface area contributed by atoms with Crippen LogP contribution >= 0.6 is 0 Å². The van der Waals surface area contributed by atoms with Gasteiger partial charge in [-0.1, -0.05) is 6.07 Å². The van der Waals surface area contributed by atoms with E-state index < -0.39 is 5.54 Å². The van der Waals surface area contributed by atoms with Gasteiger partial charge >= 0.3 is 0 Å². The Morgan fingerprint density at radius 3 is 2.71 bits per heavy atom. The number of fused-ring (bicyclic) bond motifs is 1. The molecule has 2 aromatic heterocycles. The van der Waals surface area contributed by atoms with Gasteiger partial charge in [-0.25, -0.2) is 4.98 Å². The molecule has 34 heavy (non-hydrogen) atoms. The third kappa shape index (κ3) is 5.23. The van der Waals surface area contributed by atoms with Crippen LogP contribution < -0.4 is 10.5 Å². The maximum Gasteiger partial charge on any atom is 0.226 e. The van der Waals surface area contributed by atoms with E-state index in [9.17, 15) is 9.90 Å². The Morgan fingerprint density at radius 2 is 2.03 bits per heavy atom. The summed E-state index contributed by atoms with van der Waals surface area (Å²) in [4.78, 5) is 23.6. The summed E-state index contributed by atoms with van der Waals surface area (Å²) >= 11 is 0. The molecular weight excluding hydrogens is 432 g/mol. The Bertz CT molecular complexity index is 1050. The zero-order valence-corrected chi connectivity index (χ0v) is 20.2. The van der Waals surface area contributed by atoms with Crippen molar-refractivity contribution in [1.29, 1.82) is 0 Å². The van der Waals surface area contributed by atoms with E-state index in [4.69, 9.17) is 15.2 Å². The lowest BCUT2D eigenvalue weighted by Gasteiger charge is -2.33. The van der Waals surface area contributed by atoms with Crippen molar-refractivity contribution >= 4 is 5.91 Å². The van der Waals surface area contributed by atoms with Crippen LogP contribution in [0.1, 0.15) is 49.1 Å². The molecule has 1 amide bonds. The fourth-order valence-corrected chi connectivity index (χ4v) is 4.61. The first-order chi connectivity index (χ1) is 16.3. The first-order valence-electron chi connectivity index (χ1n) is 11.8. The Hall–Kier alpha value is -2.97. The monoisotopic (exact) mass is 466 g/mol. The number of aliphatic hydroxyl groups excluding tert-OH is 1. The van der Waals surface area contributed by atoms with Crippen LogP contribution in [0.2, 0.25) is 0 Å². The van der Waals surface area contributed by atoms with Crippen molar-refractivity contribution in [3.8, 4) is 5.88 Å². The van der Waals surface area contributed by atoms with E-state index in [1.165, 1.54) is 0 Å². The molecule has 0 radical (unpaired) electrons. The van der Waals surface area contributed by atoms with Crippen molar-refractivity contribution < 1.29 is 19.4 Å². The van der Waals surface area contributed by atoms with Crippen LogP contribution in [-0.2, 0) is 28.0 Å². The van der Waals surface area contributed by atoms with Crippen molar-refractivity contribution in [3.05, 3.63) is 64.3 Å². The lowest BCUT2D eigenvalue weighted by molar-refractivity contribution is -0.139. The highest BCUT2D eigenvalue weighted by atomic mass is 16.5. The predicted octanol–water partition coefficient (Wildman–Crippen LogP) is 3.18. The normalized spacial score (nSPS) is 19.1. The number of nitrogens with two attached hydrogens (primary N) is 1. The summed E-state index contributed by atoms with van der Waals surface area (Å²) in [5, 5.41) is 10.4. The molecule has 4 rings (SSSR count). The van der Waals surface area contributed by atoms with Crippen LogP contribution in [0.15, 0.2) is 41.9 Å². The van der Waals surface area contributed by atoms with Crippen LogP contribution in [0, 0.1) is 12.8 Å². The van der Waals surface area contributed by atoms with Gasteiger partial charge in [0.1, 0.15) is 6.61 Å². The molecule has 8 nitrogen and oxygen atoms in total. The highest BCUT2D eigenvalue weighted by Gasteiger charge is 2.31. The number of hydrogen-bond acceptors (Lipinski definition) is 7. The van der Waals surface area contributed by atoms with Gasteiger partial charge in [0, 0.05) is 61.9 Å². The molecule has 3 N–H and O–H groups in total. The highest BCUT2D eigenvalue weighted by Crippen LogP contribution is 2.30. The zero-order chi connectivity index (χ0) is 24.3. The molecule has 2 aliphatic rings. The van der Waals surface area contributed by atoms with Gasteiger partial charge in [-0.2, -0.15) is 0 Å². The van der Waals surface area contributed by atoms with Gasteiger partial charge in [0.15, 0.2) is 0 Å². The van der Waals surface area contributed by atoms with Crippen LogP contribution in [0.3, 0.4) is 0 Å². The number of rotatable bonds is 6. The summed E-state index contributed by atoms with van der Waals surface area (Å²) < 4.78 is 11.4. The fourth-order valence-electron chi connectivity index (χ4n) is 4.61. The van der Waals surface area contributed by atoms with Gasteiger partial charge in [-0.15, -0.1) is 0 Å². The van der Waals surface area contributed by atoms with Crippen molar-refractivity contribution in [3.63, 3.8) is 0 Å². The van der Waals surface area contributed by atoms with E-state index in [0.29, 0.717) is 37.8 Å². The second kappa shape index (κ2) is 10.1. The van der Waals surface area contributed by atoms with Gasteiger partial charge in [0.05, 0.1) is 11.3 Å². The summed E-state index contributed by atoms with van der Waals surface area (Å²) in [5.74, 6) is 0.868. The molecule has 1 fully saturated rings. The summed E-state index contributed by atoms with van der Waals surface area (Å²) in [5.41, 5.74) is 10.1. The number of aliphatic hydroxyl groups is 1. The summed E-state index contributed by atoms with van der Waals surface area (Å²) in [7, 11) is 0. The van der Waals surface area contributed by atoms with E-state index in [1.54, 1.807) is 19.3 Å². The predicted molar refractivity (Wildman–Crippen MR) is 128 cm³/mol. The Labute approximate surface area is 200 Å². The molecule has 2 aromatic rings. The molecule has 1 saturated heterocycles. The van der Waals surface area contributed by atoms with Gasteiger partial charge in [-0.3, -0.25) is 9.78 Å². The first kappa shape index (κ1) is 24.2. The lowest BCUT2D eigenvalue weighted by atomic mass is 9.85. The molecule has 0 aromatic carbocycles. The third-order valence-electron chi connectivity index (χ3n) is 6.89. The number of pyridine rings is 2. The van der Waals surface area contributed by atoms with E-state index >= 15 is 0 Å². The average molecular weight is 467 g/mol. The van der Waals surface area contributed by atoms with E-state index in [0.717, 1.165) is 41.6 Å². The number of aryl methyl sites for hydroxylation is 1. The minimum absolute atomic E-state index is 0.0621. The summed E-state index contributed by atoms with van der Waals surface area (Å²) in [6.07, 6.45) is 5.87. The number of amides is 1. The molecule has 0 bridgehead atoms. The fraction of sp³-hybridized carbons (Fsp3) is 0.500. The number of carbonyl (C=O) groups excluding carboxylic acids is 1. The molecule has 182 valence electrons. The van der Waals surface area contributed by atoms with Gasteiger partial charge in [0.2, 0.25) is 11.8 Å². The summed E-state index contributed by atoms with van der Waals surface area (Å²) in [6, 6.07) is 5.74. The molecular formula is C26H34N4O4. The first-order valence-corrected chi connectivity index (χ1v) is 11.8. The number of allylic oxidation sites excluding steroid dienone is 1. The second-order valence-corrected chi connectivity index (χ2v) is 9.43. The average Bonchev–Trinajstić information content (AvgIpc) is 2.83. The third-order valence-corrected chi connectivity index (χ3v) is 6.89. The van der Waals surface area contributed by atoms with Crippen LogP contribution in [-0.4, -0.2) is 52.2 Å². The number of hydrogen-bond donors (Lipinski definition) is 2.